The number of benzene rings is 1. The van der Waals surface area contributed by atoms with Crippen LogP contribution in [0, 0.1) is 13.8 Å². The summed E-state index contributed by atoms with van der Waals surface area (Å²) in [6, 6.07) is 3.89. The molecule has 0 saturated heterocycles. The Labute approximate surface area is 137 Å². The van der Waals surface area contributed by atoms with Crippen molar-refractivity contribution in [2.75, 3.05) is 5.32 Å². The smallest absolute Gasteiger partial charge is 0.269 e. The van der Waals surface area contributed by atoms with Crippen molar-refractivity contribution < 1.29 is 4.79 Å². The first-order valence-corrected chi connectivity index (χ1v) is 8.17. The maximum atomic E-state index is 12.5. The van der Waals surface area contributed by atoms with Crippen molar-refractivity contribution in [3.63, 3.8) is 0 Å². The topological polar surface area (TPSA) is 54.9 Å². The summed E-state index contributed by atoms with van der Waals surface area (Å²) in [6.07, 6.45) is 0. The summed E-state index contributed by atoms with van der Waals surface area (Å²) in [5, 5.41) is 7.04. The number of halogens is 1. The molecule has 0 aliphatic heterocycles. The molecule has 0 saturated carbocycles. The first-order chi connectivity index (χ1) is 9.70. The molecule has 0 fully saturated rings. The van der Waals surface area contributed by atoms with Crippen molar-refractivity contribution in [1.82, 2.24) is 9.59 Å². The summed E-state index contributed by atoms with van der Waals surface area (Å²) >= 11 is 4.66. The molecule has 1 N–H and O–H groups in total. The van der Waals surface area contributed by atoms with Crippen molar-refractivity contribution in [2.24, 2.45) is 0 Å². The van der Waals surface area contributed by atoms with Gasteiger partial charge in [-0.25, -0.2) is 0 Å². The van der Waals surface area contributed by atoms with Gasteiger partial charge in [0.1, 0.15) is 4.88 Å². The van der Waals surface area contributed by atoms with E-state index in [0.29, 0.717) is 4.88 Å². The fourth-order valence-corrected chi connectivity index (χ4v) is 3.04. The summed E-state index contributed by atoms with van der Waals surface area (Å²) in [6.45, 7) is 10.1. The van der Waals surface area contributed by atoms with E-state index in [2.05, 4.69) is 30.8 Å². The van der Waals surface area contributed by atoms with Crippen LogP contribution < -0.4 is 5.32 Å². The predicted molar refractivity (Wildman–Crippen MR) is 90.2 cm³/mol. The highest BCUT2D eigenvalue weighted by atomic mass is 79.9. The van der Waals surface area contributed by atoms with E-state index in [9.17, 15) is 4.79 Å². The molecule has 112 valence electrons. The number of carbonyl (C=O) groups excluding carboxylic acids is 1. The van der Waals surface area contributed by atoms with Gasteiger partial charge in [-0.05, 0) is 48.6 Å². The third kappa shape index (κ3) is 3.49. The van der Waals surface area contributed by atoms with E-state index in [4.69, 9.17) is 0 Å². The average molecular weight is 368 g/mol. The van der Waals surface area contributed by atoms with Crippen LogP contribution in [-0.4, -0.2) is 15.5 Å². The molecule has 1 aromatic heterocycles. The van der Waals surface area contributed by atoms with Crippen LogP contribution in [0.15, 0.2) is 16.6 Å². The Morgan fingerprint density at radius 2 is 1.81 bits per heavy atom. The van der Waals surface area contributed by atoms with E-state index >= 15 is 0 Å². The molecule has 0 radical (unpaired) electrons. The van der Waals surface area contributed by atoms with Crippen LogP contribution in [0.25, 0.3) is 0 Å². The minimum absolute atomic E-state index is 0.156. The van der Waals surface area contributed by atoms with Gasteiger partial charge >= 0.3 is 0 Å². The first kappa shape index (κ1) is 16.1. The molecule has 21 heavy (non-hydrogen) atoms. The number of aromatic nitrogens is 2. The van der Waals surface area contributed by atoms with Crippen molar-refractivity contribution in [1.29, 1.82) is 0 Å². The molecule has 2 aromatic rings. The summed E-state index contributed by atoms with van der Waals surface area (Å²) in [4.78, 5) is 13.0. The van der Waals surface area contributed by atoms with Crippen LogP contribution in [0.3, 0.4) is 0 Å². The molecule has 1 heterocycles. The number of carbonyl (C=O) groups is 1. The summed E-state index contributed by atoms with van der Waals surface area (Å²) < 4.78 is 4.99. The number of rotatable bonds is 2. The van der Waals surface area contributed by atoms with E-state index in [1.807, 2.05) is 46.8 Å². The highest BCUT2D eigenvalue weighted by Crippen LogP contribution is 2.28. The maximum absolute atomic E-state index is 12.5. The van der Waals surface area contributed by atoms with Gasteiger partial charge in [-0.2, -0.15) is 0 Å². The van der Waals surface area contributed by atoms with Gasteiger partial charge in [0.05, 0.1) is 5.69 Å². The lowest BCUT2D eigenvalue weighted by Crippen LogP contribution is -2.20. The number of hydrogen-bond acceptors (Lipinski definition) is 4. The monoisotopic (exact) mass is 367 g/mol. The van der Waals surface area contributed by atoms with E-state index in [0.717, 1.165) is 38.5 Å². The van der Waals surface area contributed by atoms with Gasteiger partial charge in [0.15, 0.2) is 0 Å². The normalized spacial score (nSPS) is 11.5. The van der Waals surface area contributed by atoms with E-state index in [1.165, 1.54) is 0 Å². The van der Waals surface area contributed by atoms with Gasteiger partial charge in [-0.1, -0.05) is 41.2 Å². The van der Waals surface area contributed by atoms with E-state index in [1.54, 1.807) is 0 Å². The summed E-state index contributed by atoms with van der Waals surface area (Å²) in [5.41, 5.74) is 3.49. The lowest BCUT2D eigenvalue weighted by atomic mass is 9.91. The molecule has 4 nitrogen and oxygen atoms in total. The number of nitrogens with one attached hydrogen (secondary N) is 1. The number of aryl methyl sites for hydroxylation is 2. The zero-order chi connectivity index (χ0) is 15.8. The van der Waals surface area contributed by atoms with Gasteiger partial charge in [0, 0.05) is 15.6 Å². The van der Waals surface area contributed by atoms with Gasteiger partial charge in [-0.15, -0.1) is 5.10 Å². The Hall–Kier alpha value is -1.27. The van der Waals surface area contributed by atoms with Gasteiger partial charge in [0.25, 0.3) is 5.91 Å². The van der Waals surface area contributed by atoms with Gasteiger partial charge in [-0.3, -0.25) is 4.79 Å². The highest BCUT2D eigenvalue weighted by Gasteiger charge is 2.26. The standard InChI is InChI=1S/C15H18BrN3OS/c1-8-6-10(7-9(2)11(8)16)17-14(20)12-13(15(3,4)5)18-19-21-12/h6-7H,1-5H3,(H,17,20). The molecule has 6 heteroatoms. The minimum atomic E-state index is -0.203. The van der Waals surface area contributed by atoms with E-state index < -0.39 is 0 Å². The van der Waals surface area contributed by atoms with Crippen LogP contribution >= 0.6 is 27.5 Å². The van der Waals surface area contributed by atoms with Gasteiger partial charge < -0.3 is 5.32 Å². The van der Waals surface area contributed by atoms with Crippen molar-refractivity contribution >= 4 is 39.1 Å². The van der Waals surface area contributed by atoms with Crippen molar-refractivity contribution in [3.8, 4) is 0 Å². The second kappa shape index (κ2) is 5.85. The van der Waals surface area contributed by atoms with Crippen LogP contribution in [-0.2, 0) is 5.41 Å². The molecule has 0 unspecified atom stereocenters. The quantitative estimate of drug-likeness (QED) is 0.851. The second-order valence-electron chi connectivity index (χ2n) is 6.08. The summed E-state index contributed by atoms with van der Waals surface area (Å²) in [7, 11) is 0. The van der Waals surface area contributed by atoms with Crippen LogP contribution in [0.5, 0.6) is 0 Å². The Balaban J connectivity index is 2.29. The second-order valence-corrected chi connectivity index (χ2v) is 7.63. The van der Waals surface area contributed by atoms with Crippen molar-refractivity contribution in [3.05, 3.63) is 38.3 Å². The largest absolute Gasteiger partial charge is 0.321 e. The molecule has 2 rings (SSSR count). The molecule has 1 aromatic carbocycles. The third-order valence-electron chi connectivity index (χ3n) is 3.10. The highest BCUT2D eigenvalue weighted by molar-refractivity contribution is 9.10. The SMILES string of the molecule is Cc1cc(NC(=O)c2snnc2C(C)(C)C)cc(C)c1Br. The number of amides is 1. The Morgan fingerprint density at radius 1 is 1.24 bits per heavy atom. The van der Waals surface area contributed by atoms with Gasteiger partial charge in [0.2, 0.25) is 0 Å². The number of anilines is 1. The molecule has 0 aliphatic rings. The Kier molecular flexibility index (Phi) is 4.49. The van der Waals surface area contributed by atoms with E-state index in [-0.39, 0.29) is 11.3 Å². The molecular weight excluding hydrogens is 350 g/mol. The molecule has 1 amide bonds. The molecule has 0 bridgehead atoms. The zero-order valence-electron chi connectivity index (χ0n) is 12.7. The fraction of sp³-hybridized carbons (Fsp3) is 0.400. The zero-order valence-corrected chi connectivity index (χ0v) is 15.1. The van der Waals surface area contributed by atoms with Crippen LogP contribution in [0.1, 0.15) is 47.3 Å². The number of hydrogen-bond donors (Lipinski definition) is 1. The van der Waals surface area contributed by atoms with Crippen molar-refractivity contribution in [2.45, 2.75) is 40.0 Å². The van der Waals surface area contributed by atoms with Crippen LogP contribution in [0.4, 0.5) is 5.69 Å². The average Bonchev–Trinajstić information content (AvgIpc) is 2.84. The molecule has 0 aliphatic carbocycles. The van der Waals surface area contributed by atoms with Crippen LogP contribution in [0.2, 0.25) is 0 Å². The lowest BCUT2D eigenvalue weighted by molar-refractivity contribution is 0.102. The summed E-state index contributed by atoms with van der Waals surface area (Å²) in [5.74, 6) is -0.156. The lowest BCUT2D eigenvalue weighted by Gasteiger charge is -2.16. The maximum Gasteiger partial charge on any atom is 0.269 e. The molecular formula is C15H18BrN3OS. The predicted octanol–water partition coefficient (Wildman–Crippen LogP) is 4.47. The number of nitrogens with zero attached hydrogens (tertiary/aromatic N) is 2. The molecule has 0 spiro atoms. The fourth-order valence-electron chi connectivity index (χ4n) is 2.04. The third-order valence-corrected chi connectivity index (χ3v) is 5.07. The Morgan fingerprint density at radius 3 is 2.33 bits per heavy atom. The molecule has 0 atom stereocenters. The Bertz CT molecular complexity index is 665. The first-order valence-electron chi connectivity index (χ1n) is 6.61. The minimum Gasteiger partial charge on any atom is -0.321 e.